The summed E-state index contributed by atoms with van der Waals surface area (Å²) >= 11 is 18.4. The normalized spacial score (nSPS) is 11.7. The molecular weight excluding hydrogens is 305 g/mol. The molecule has 1 aromatic carbocycles. The fraction of sp³-hybridized carbons (Fsp3) is 0.429. The Bertz CT molecular complexity index is 604. The predicted octanol–water partition coefficient (Wildman–Crippen LogP) is 5.45. The van der Waals surface area contributed by atoms with E-state index in [0.717, 1.165) is 23.3 Å². The zero-order valence-electron chi connectivity index (χ0n) is 11.1. The third-order valence-electron chi connectivity index (χ3n) is 2.98. The summed E-state index contributed by atoms with van der Waals surface area (Å²) < 4.78 is 5.81. The Morgan fingerprint density at radius 1 is 1.21 bits per heavy atom. The minimum atomic E-state index is 0.449. The molecular formula is C14H16Cl3NO. The van der Waals surface area contributed by atoms with Crippen molar-refractivity contribution in [1.82, 2.24) is 5.32 Å². The fourth-order valence-corrected chi connectivity index (χ4v) is 2.78. The molecule has 0 saturated carbocycles. The van der Waals surface area contributed by atoms with Crippen LogP contribution in [0.2, 0.25) is 15.1 Å². The van der Waals surface area contributed by atoms with Crippen LogP contribution in [0.25, 0.3) is 11.0 Å². The van der Waals surface area contributed by atoms with E-state index < -0.39 is 0 Å². The molecule has 1 aromatic heterocycles. The quantitative estimate of drug-likeness (QED) is 0.758. The van der Waals surface area contributed by atoms with E-state index in [0.29, 0.717) is 33.1 Å². The van der Waals surface area contributed by atoms with Crippen LogP contribution in [0.3, 0.4) is 0 Å². The average Bonchev–Trinajstić information content (AvgIpc) is 2.65. The summed E-state index contributed by atoms with van der Waals surface area (Å²) in [4.78, 5) is 0. The van der Waals surface area contributed by atoms with Crippen LogP contribution in [-0.4, -0.2) is 6.54 Å². The first-order valence-electron chi connectivity index (χ1n) is 6.18. The van der Waals surface area contributed by atoms with Crippen LogP contribution >= 0.6 is 34.8 Å². The number of benzene rings is 1. The first-order chi connectivity index (χ1) is 8.91. The van der Waals surface area contributed by atoms with Gasteiger partial charge in [-0.25, -0.2) is 0 Å². The average molecular weight is 321 g/mol. The molecule has 0 saturated heterocycles. The van der Waals surface area contributed by atoms with Crippen LogP contribution in [0.5, 0.6) is 0 Å². The largest absolute Gasteiger partial charge is 0.458 e. The van der Waals surface area contributed by atoms with E-state index in [1.165, 1.54) is 0 Å². The van der Waals surface area contributed by atoms with Crippen molar-refractivity contribution in [3.63, 3.8) is 0 Å². The Kier molecular flexibility index (Phi) is 4.67. The first-order valence-corrected chi connectivity index (χ1v) is 7.31. The maximum absolute atomic E-state index is 6.23. The number of aryl methyl sites for hydroxylation is 1. The monoisotopic (exact) mass is 319 g/mol. The molecule has 0 amide bonds. The van der Waals surface area contributed by atoms with Gasteiger partial charge in [-0.15, -0.1) is 0 Å². The van der Waals surface area contributed by atoms with Crippen molar-refractivity contribution in [3.8, 4) is 0 Å². The van der Waals surface area contributed by atoms with E-state index in [1.807, 2.05) is 6.92 Å². The summed E-state index contributed by atoms with van der Waals surface area (Å²) in [7, 11) is 0. The van der Waals surface area contributed by atoms with Gasteiger partial charge in [0.05, 0.1) is 21.6 Å². The minimum Gasteiger partial charge on any atom is -0.458 e. The van der Waals surface area contributed by atoms with Gasteiger partial charge < -0.3 is 9.73 Å². The molecule has 0 spiro atoms. The van der Waals surface area contributed by atoms with E-state index in [-0.39, 0.29) is 0 Å². The summed E-state index contributed by atoms with van der Waals surface area (Å²) in [6.07, 6.45) is 0. The Labute approximate surface area is 128 Å². The first kappa shape index (κ1) is 15.0. The van der Waals surface area contributed by atoms with Crippen LogP contribution in [0.4, 0.5) is 0 Å². The lowest BCUT2D eigenvalue weighted by Gasteiger charge is -2.05. The molecule has 5 heteroatoms. The number of nitrogens with one attached hydrogen (secondary N) is 1. The summed E-state index contributed by atoms with van der Waals surface area (Å²) in [5, 5.41) is 5.58. The van der Waals surface area contributed by atoms with Gasteiger partial charge in [0.1, 0.15) is 5.76 Å². The zero-order chi connectivity index (χ0) is 14.2. The van der Waals surface area contributed by atoms with Crippen molar-refractivity contribution in [2.75, 3.05) is 6.54 Å². The van der Waals surface area contributed by atoms with E-state index >= 15 is 0 Å². The lowest BCUT2D eigenvalue weighted by molar-refractivity contribution is 0.482. The fourth-order valence-electron chi connectivity index (χ4n) is 2.00. The zero-order valence-corrected chi connectivity index (χ0v) is 13.4. The molecule has 0 fully saturated rings. The second kappa shape index (κ2) is 5.92. The number of halogens is 3. The van der Waals surface area contributed by atoms with E-state index in [4.69, 9.17) is 39.2 Å². The molecule has 1 heterocycles. The van der Waals surface area contributed by atoms with Gasteiger partial charge >= 0.3 is 0 Å². The van der Waals surface area contributed by atoms with Gasteiger partial charge in [-0.3, -0.25) is 0 Å². The van der Waals surface area contributed by atoms with Crippen molar-refractivity contribution in [2.24, 2.45) is 5.92 Å². The molecule has 0 bridgehead atoms. The lowest BCUT2D eigenvalue weighted by atomic mass is 10.1. The Morgan fingerprint density at radius 2 is 1.89 bits per heavy atom. The predicted molar refractivity (Wildman–Crippen MR) is 82.5 cm³/mol. The maximum atomic E-state index is 6.23. The van der Waals surface area contributed by atoms with Crippen molar-refractivity contribution in [1.29, 1.82) is 0 Å². The smallest absolute Gasteiger partial charge is 0.154 e. The Hall–Kier alpha value is -0.410. The highest BCUT2D eigenvalue weighted by molar-refractivity contribution is 6.47. The van der Waals surface area contributed by atoms with Crippen LogP contribution in [-0.2, 0) is 6.54 Å². The van der Waals surface area contributed by atoms with Crippen LogP contribution in [0.1, 0.15) is 25.2 Å². The van der Waals surface area contributed by atoms with Gasteiger partial charge in [0.15, 0.2) is 5.58 Å². The summed E-state index contributed by atoms with van der Waals surface area (Å²) in [5.74, 6) is 1.44. The number of fused-ring (bicyclic) bond motifs is 1. The third-order valence-corrected chi connectivity index (χ3v) is 4.05. The standard InChI is InChI=1S/C14H16Cl3NO/c1-7(2)5-18-6-11-8(3)12-13(17)9(15)4-10(16)14(12)19-11/h4,7,18H,5-6H2,1-3H3. The Balaban J connectivity index is 2.40. The highest BCUT2D eigenvalue weighted by atomic mass is 35.5. The number of hydrogen-bond acceptors (Lipinski definition) is 2. The molecule has 1 N–H and O–H groups in total. The maximum Gasteiger partial charge on any atom is 0.154 e. The van der Waals surface area contributed by atoms with Crippen LogP contribution in [0, 0.1) is 12.8 Å². The van der Waals surface area contributed by atoms with Gasteiger partial charge in [0.2, 0.25) is 0 Å². The van der Waals surface area contributed by atoms with Crippen molar-refractivity contribution in [3.05, 3.63) is 32.5 Å². The number of rotatable bonds is 4. The summed E-state index contributed by atoms with van der Waals surface area (Å²) in [6, 6.07) is 1.61. The highest BCUT2D eigenvalue weighted by Gasteiger charge is 2.18. The van der Waals surface area contributed by atoms with Gasteiger partial charge in [-0.05, 0) is 25.5 Å². The topological polar surface area (TPSA) is 25.2 Å². The molecule has 0 aliphatic carbocycles. The third kappa shape index (κ3) is 3.03. The van der Waals surface area contributed by atoms with Gasteiger partial charge in [-0.2, -0.15) is 0 Å². The molecule has 19 heavy (non-hydrogen) atoms. The molecule has 0 aliphatic rings. The molecule has 0 unspecified atom stereocenters. The summed E-state index contributed by atoms with van der Waals surface area (Å²) in [6.45, 7) is 7.87. The molecule has 104 valence electrons. The number of hydrogen-bond donors (Lipinski definition) is 1. The highest BCUT2D eigenvalue weighted by Crippen LogP contribution is 2.40. The molecule has 0 atom stereocenters. The van der Waals surface area contributed by atoms with Crippen molar-refractivity contribution < 1.29 is 4.42 Å². The number of furan rings is 1. The molecule has 2 rings (SSSR count). The van der Waals surface area contributed by atoms with Crippen molar-refractivity contribution >= 4 is 45.8 Å². The lowest BCUT2D eigenvalue weighted by Crippen LogP contribution is -2.18. The second-order valence-electron chi connectivity index (χ2n) is 5.03. The van der Waals surface area contributed by atoms with Crippen molar-refractivity contribution in [2.45, 2.75) is 27.3 Å². The molecule has 2 aromatic rings. The van der Waals surface area contributed by atoms with E-state index in [1.54, 1.807) is 6.07 Å². The van der Waals surface area contributed by atoms with Gasteiger partial charge in [0.25, 0.3) is 0 Å². The van der Waals surface area contributed by atoms with Gasteiger partial charge in [-0.1, -0.05) is 48.7 Å². The van der Waals surface area contributed by atoms with Crippen LogP contribution < -0.4 is 5.32 Å². The van der Waals surface area contributed by atoms with Crippen LogP contribution in [0.15, 0.2) is 10.5 Å². The Morgan fingerprint density at radius 3 is 2.53 bits per heavy atom. The van der Waals surface area contributed by atoms with Gasteiger partial charge in [0, 0.05) is 10.9 Å². The van der Waals surface area contributed by atoms with E-state index in [2.05, 4.69) is 19.2 Å². The summed E-state index contributed by atoms with van der Waals surface area (Å²) in [5.41, 5.74) is 1.59. The minimum absolute atomic E-state index is 0.449. The molecule has 0 radical (unpaired) electrons. The second-order valence-corrected chi connectivity index (χ2v) is 6.23. The SMILES string of the molecule is Cc1c(CNCC(C)C)oc2c(Cl)cc(Cl)c(Cl)c12. The van der Waals surface area contributed by atoms with E-state index in [9.17, 15) is 0 Å². The molecule has 2 nitrogen and oxygen atoms in total. The molecule has 0 aliphatic heterocycles.